The first-order valence-electron chi connectivity index (χ1n) is 12.0. The van der Waals surface area contributed by atoms with Crippen molar-refractivity contribution in [2.24, 2.45) is 16.7 Å². The zero-order chi connectivity index (χ0) is 22.2. The van der Waals surface area contributed by atoms with Crippen molar-refractivity contribution >= 4 is 0 Å². The second-order valence-electron chi connectivity index (χ2n) is 12.3. The number of phenolic OH excluding ortho intramolecular Hbond substituents is 1. The van der Waals surface area contributed by atoms with E-state index in [2.05, 4.69) is 38.8 Å². The van der Waals surface area contributed by atoms with Gasteiger partial charge in [0.15, 0.2) is 11.5 Å². The van der Waals surface area contributed by atoms with Crippen molar-refractivity contribution in [3.8, 4) is 11.5 Å². The van der Waals surface area contributed by atoms with Crippen LogP contribution < -0.4 is 4.74 Å². The normalized spacial score (nSPS) is 43.2. The van der Waals surface area contributed by atoms with Gasteiger partial charge in [-0.05, 0) is 69.7 Å². The number of methoxy groups -OCH3 is 1. The van der Waals surface area contributed by atoms with Crippen LogP contribution in [0.3, 0.4) is 0 Å². The largest absolute Gasteiger partial charge is 0.504 e. The Labute approximate surface area is 217 Å². The zero-order valence-electron chi connectivity index (χ0n) is 20.4. The molecule has 0 amide bonds. The van der Waals surface area contributed by atoms with Gasteiger partial charge in [0.1, 0.15) is 11.7 Å². The number of benzene rings is 1. The second-order valence-corrected chi connectivity index (χ2v) is 12.3. The Bertz CT molecular complexity index is 973. The fourth-order valence-corrected chi connectivity index (χ4v) is 8.86. The maximum absolute atomic E-state index is 12.0. The molecule has 2 aliphatic heterocycles. The van der Waals surface area contributed by atoms with E-state index in [0.717, 1.165) is 38.6 Å². The summed E-state index contributed by atoms with van der Waals surface area (Å²) in [6, 6.07) is 4.34. The van der Waals surface area contributed by atoms with E-state index in [9.17, 15) is 10.2 Å². The molecule has 2 heterocycles. The first-order valence-corrected chi connectivity index (χ1v) is 12.0. The van der Waals surface area contributed by atoms with E-state index >= 15 is 0 Å². The first kappa shape index (κ1) is 23.5. The van der Waals surface area contributed by atoms with Crippen LogP contribution in [0.5, 0.6) is 11.5 Å². The van der Waals surface area contributed by atoms with Crippen molar-refractivity contribution in [2.75, 3.05) is 20.7 Å². The predicted octanol–water partition coefficient (Wildman–Crippen LogP) is 3.63. The fraction of sp³-hybridized carbons (Fsp3) is 0.769. The van der Waals surface area contributed by atoms with Crippen LogP contribution in [0.2, 0.25) is 0 Å². The van der Waals surface area contributed by atoms with E-state index in [0.29, 0.717) is 11.8 Å². The van der Waals surface area contributed by atoms with Crippen LogP contribution >= 0.6 is 0 Å². The molecule has 7 unspecified atom stereocenters. The number of fused-ring (bicyclic) bond motifs is 2. The Morgan fingerprint density at radius 2 is 1.88 bits per heavy atom. The molecule has 0 aromatic heterocycles. The number of nitrogens with zero attached hydrogens (tertiary/aromatic N) is 1. The number of phenols is 1. The third kappa shape index (κ3) is 2.29. The Balaban J connectivity index is 0.00000216. The number of aliphatic hydroxyl groups is 1. The maximum Gasteiger partial charge on any atom is 0.165 e. The summed E-state index contributed by atoms with van der Waals surface area (Å²) in [6.07, 6.45) is 4.74. The number of ether oxygens (including phenoxy) is 2. The van der Waals surface area contributed by atoms with E-state index in [1.54, 1.807) is 6.07 Å². The Kier molecular flexibility index (Phi) is 4.94. The van der Waals surface area contributed by atoms with Gasteiger partial charge in [-0.2, -0.15) is 0 Å². The summed E-state index contributed by atoms with van der Waals surface area (Å²) in [5, 5.41) is 22.9. The van der Waals surface area contributed by atoms with E-state index in [1.807, 2.05) is 14.0 Å². The molecule has 6 aliphatic rings. The van der Waals surface area contributed by atoms with Gasteiger partial charge in [0.2, 0.25) is 0 Å². The molecule has 2 spiro atoms. The molecule has 1 aromatic rings. The molecule has 7 rings (SSSR count). The standard InChI is InChI=1S/C26H37NO4.Y/c1-22(2,3)23(4,29)17-14-24-9-10-26(17,30-6)21-25(24)11-12-27(5)18(24)13-15-7-8-16(28)20(31-21)19(15)25;/h7-8,17-18,21,28-29H,9-14H2,1-6H3;. The average molecular weight is 516 g/mol. The van der Waals surface area contributed by atoms with Crippen LogP contribution in [-0.2, 0) is 49.3 Å². The number of likely N-dealkylation sites (tertiary alicyclic amines) is 1. The molecular weight excluding hydrogens is 479 g/mol. The van der Waals surface area contributed by atoms with Crippen LogP contribution in [0.4, 0.5) is 0 Å². The summed E-state index contributed by atoms with van der Waals surface area (Å²) in [4.78, 5) is 2.56. The van der Waals surface area contributed by atoms with Crippen molar-refractivity contribution in [1.29, 1.82) is 0 Å². The van der Waals surface area contributed by atoms with E-state index < -0.39 is 11.2 Å². The van der Waals surface area contributed by atoms with Gasteiger partial charge in [0, 0.05) is 68.2 Å². The molecule has 1 radical (unpaired) electrons. The number of aromatic hydroxyl groups is 1. The van der Waals surface area contributed by atoms with Crippen molar-refractivity contribution in [3.63, 3.8) is 0 Å². The topological polar surface area (TPSA) is 62.2 Å². The van der Waals surface area contributed by atoms with Crippen molar-refractivity contribution < 1.29 is 52.4 Å². The van der Waals surface area contributed by atoms with E-state index in [1.165, 1.54) is 11.1 Å². The summed E-state index contributed by atoms with van der Waals surface area (Å²) in [5.41, 5.74) is 0.692. The average Bonchev–Trinajstić information content (AvgIpc) is 3.08. The van der Waals surface area contributed by atoms with Crippen LogP contribution in [-0.4, -0.2) is 59.2 Å². The zero-order valence-corrected chi connectivity index (χ0v) is 23.2. The van der Waals surface area contributed by atoms with Gasteiger partial charge in [-0.1, -0.05) is 26.8 Å². The second kappa shape index (κ2) is 6.72. The number of hydrogen-bond acceptors (Lipinski definition) is 5. The monoisotopic (exact) mass is 516 g/mol. The van der Waals surface area contributed by atoms with Crippen molar-refractivity contribution in [3.05, 3.63) is 23.3 Å². The minimum Gasteiger partial charge on any atom is -0.504 e. The van der Waals surface area contributed by atoms with Gasteiger partial charge in [-0.25, -0.2) is 0 Å². The van der Waals surface area contributed by atoms with Gasteiger partial charge in [-0.3, -0.25) is 0 Å². The number of piperidine rings is 1. The Morgan fingerprint density at radius 1 is 1.16 bits per heavy atom. The quantitative estimate of drug-likeness (QED) is 0.629. The van der Waals surface area contributed by atoms with Gasteiger partial charge in [0.25, 0.3) is 0 Å². The van der Waals surface area contributed by atoms with Gasteiger partial charge >= 0.3 is 0 Å². The number of rotatable bonds is 2. The molecular formula is C26H37NO4Y. The van der Waals surface area contributed by atoms with Crippen LogP contribution in [0, 0.1) is 16.7 Å². The molecule has 4 aliphatic carbocycles. The van der Waals surface area contributed by atoms with Crippen molar-refractivity contribution in [2.45, 2.75) is 88.6 Å². The maximum atomic E-state index is 12.0. The SMILES string of the molecule is COC12CCC3(CC1C(C)(O)C(C)(C)C)C1Cc4ccc(O)c5c4C3(CCN1C)C2O5.[Y]. The predicted molar refractivity (Wildman–Crippen MR) is 119 cm³/mol. The Morgan fingerprint density at radius 3 is 2.53 bits per heavy atom. The summed E-state index contributed by atoms with van der Waals surface area (Å²) in [7, 11) is 4.08. The Hall–Kier alpha value is -0.196. The summed E-state index contributed by atoms with van der Waals surface area (Å²) in [6.45, 7) is 9.44. The molecule has 1 aromatic carbocycles. The molecule has 6 heteroatoms. The molecule has 4 fully saturated rings. The van der Waals surface area contributed by atoms with Crippen molar-refractivity contribution in [1.82, 2.24) is 4.90 Å². The van der Waals surface area contributed by atoms with E-state index in [4.69, 9.17) is 9.47 Å². The van der Waals surface area contributed by atoms with E-state index in [-0.39, 0.29) is 66.7 Å². The first-order chi connectivity index (χ1) is 14.5. The molecule has 7 atom stereocenters. The molecule has 5 nitrogen and oxygen atoms in total. The number of likely N-dealkylation sites (N-methyl/N-ethyl adjacent to an activating group) is 1. The van der Waals surface area contributed by atoms with Crippen LogP contribution in [0.25, 0.3) is 0 Å². The molecule has 4 bridgehead atoms. The smallest absolute Gasteiger partial charge is 0.165 e. The third-order valence-electron chi connectivity index (χ3n) is 10.8. The summed E-state index contributed by atoms with van der Waals surface area (Å²) >= 11 is 0. The molecule has 1 saturated heterocycles. The number of hydrogen-bond donors (Lipinski definition) is 2. The van der Waals surface area contributed by atoms with Gasteiger partial charge < -0.3 is 24.6 Å². The molecule has 173 valence electrons. The third-order valence-corrected chi connectivity index (χ3v) is 10.8. The minimum absolute atomic E-state index is 0. The fourth-order valence-electron chi connectivity index (χ4n) is 8.86. The summed E-state index contributed by atoms with van der Waals surface area (Å²) in [5.74, 6) is 0.901. The minimum atomic E-state index is -0.911. The van der Waals surface area contributed by atoms with Crippen LogP contribution in [0.1, 0.15) is 64.5 Å². The van der Waals surface area contributed by atoms with Gasteiger partial charge in [0.05, 0.1) is 5.60 Å². The summed E-state index contributed by atoms with van der Waals surface area (Å²) < 4.78 is 13.3. The van der Waals surface area contributed by atoms with Crippen LogP contribution in [0.15, 0.2) is 12.1 Å². The molecule has 2 N–H and O–H groups in total. The molecule has 3 saturated carbocycles. The van der Waals surface area contributed by atoms with Gasteiger partial charge in [-0.15, -0.1) is 0 Å². The molecule has 32 heavy (non-hydrogen) atoms.